The fraction of sp³-hybridized carbons (Fsp3) is 0.188. The van der Waals surface area contributed by atoms with Gasteiger partial charge in [0.2, 0.25) is 5.91 Å². The maximum atomic E-state index is 12.1. The molecule has 0 fully saturated rings. The highest BCUT2D eigenvalue weighted by atomic mass is 35.5. The molecule has 8 heteroatoms. The number of carbonyl (C=O) groups is 1. The molecule has 2 rings (SSSR count). The molecule has 1 amide bonds. The minimum Gasteiger partial charge on any atom is -0.433 e. The number of rotatable bonds is 7. The Kier molecular flexibility index (Phi) is 6.63. The number of ether oxygens (including phenoxy) is 1. The number of alkyl halides is 2. The molecule has 0 aliphatic rings. The summed E-state index contributed by atoms with van der Waals surface area (Å²) in [6.07, 6.45) is 0. The standard InChI is InChI=1S/C16H14Cl2F2N2O2/c17-11-3-1-10(2-4-11)8-22-15(23)9-21-12-5-6-14(13(18)7-12)24-16(19)20/h1-7,16,21H,8-9H2,(H,22,23). The molecule has 0 unspecified atom stereocenters. The van der Waals surface area contributed by atoms with Crippen molar-refractivity contribution in [1.29, 1.82) is 0 Å². The lowest BCUT2D eigenvalue weighted by atomic mass is 10.2. The Balaban J connectivity index is 1.81. The van der Waals surface area contributed by atoms with Crippen LogP contribution >= 0.6 is 23.2 Å². The van der Waals surface area contributed by atoms with Gasteiger partial charge < -0.3 is 15.4 Å². The van der Waals surface area contributed by atoms with Crippen molar-refractivity contribution >= 4 is 34.8 Å². The molecule has 0 aliphatic heterocycles. The zero-order valence-corrected chi connectivity index (χ0v) is 13.9. The first-order valence-electron chi connectivity index (χ1n) is 6.93. The van der Waals surface area contributed by atoms with Crippen LogP contribution in [0.2, 0.25) is 10.0 Å². The molecule has 0 spiro atoms. The van der Waals surface area contributed by atoms with E-state index in [2.05, 4.69) is 15.4 Å². The van der Waals surface area contributed by atoms with Crippen LogP contribution in [-0.4, -0.2) is 19.1 Å². The third-order valence-electron chi connectivity index (χ3n) is 3.00. The predicted octanol–water partition coefficient (Wildman–Crippen LogP) is 4.32. The third-order valence-corrected chi connectivity index (χ3v) is 3.55. The number of carbonyl (C=O) groups excluding carboxylic acids is 1. The van der Waals surface area contributed by atoms with Crippen LogP contribution in [0.4, 0.5) is 14.5 Å². The van der Waals surface area contributed by atoms with Gasteiger partial charge in [-0.1, -0.05) is 35.3 Å². The second kappa shape index (κ2) is 8.70. The van der Waals surface area contributed by atoms with Crippen molar-refractivity contribution in [2.75, 3.05) is 11.9 Å². The first-order chi connectivity index (χ1) is 11.4. The smallest absolute Gasteiger partial charge is 0.387 e. The van der Waals surface area contributed by atoms with Crippen molar-refractivity contribution in [1.82, 2.24) is 5.32 Å². The van der Waals surface area contributed by atoms with Gasteiger partial charge in [0.15, 0.2) is 0 Å². The van der Waals surface area contributed by atoms with Crippen LogP contribution < -0.4 is 15.4 Å². The summed E-state index contributed by atoms with van der Waals surface area (Å²) in [7, 11) is 0. The molecule has 0 heterocycles. The Bertz CT molecular complexity index is 697. The van der Waals surface area contributed by atoms with Crippen LogP contribution in [0.15, 0.2) is 42.5 Å². The lowest BCUT2D eigenvalue weighted by Gasteiger charge is -2.10. The summed E-state index contributed by atoms with van der Waals surface area (Å²) < 4.78 is 28.5. The number of nitrogens with one attached hydrogen (secondary N) is 2. The van der Waals surface area contributed by atoms with Crippen molar-refractivity contribution in [2.24, 2.45) is 0 Å². The largest absolute Gasteiger partial charge is 0.433 e. The van der Waals surface area contributed by atoms with Gasteiger partial charge in [-0.25, -0.2) is 0 Å². The van der Waals surface area contributed by atoms with Crippen molar-refractivity contribution in [3.05, 3.63) is 58.1 Å². The molecule has 24 heavy (non-hydrogen) atoms. The van der Waals surface area contributed by atoms with E-state index in [0.29, 0.717) is 17.3 Å². The number of benzene rings is 2. The van der Waals surface area contributed by atoms with Crippen molar-refractivity contribution in [2.45, 2.75) is 13.2 Å². The molecule has 0 saturated carbocycles. The van der Waals surface area contributed by atoms with E-state index in [9.17, 15) is 13.6 Å². The highest BCUT2D eigenvalue weighted by Gasteiger charge is 2.09. The number of amides is 1. The SMILES string of the molecule is O=C(CNc1ccc(OC(F)F)c(Cl)c1)NCc1ccc(Cl)cc1. The number of halogens is 4. The Hall–Kier alpha value is -2.05. The van der Waals surface area contributed by atoms with E-state index in [-0.39, 0.29) is 23.2 Å². The van der Waals surface area contributed by atoms with Gasteiger partial charge >= 0.3 is 6.61 Å². The molecule has 128 valence electrons. The van der Waals surface area contributed by atoms with E-state index in [1.54, 1.807) is 12.1 Å². The summed E-state index contributed by atoms with van der Waals surface area (Å²) in [6, 6.07) is 11.3. The fourth-order valence-electron chi connectivity index (χ4n) is 1.85. The Morgan fingerprint density at radius 1 is 1.12 bits per heavy atom. The van der Waals surface area contributed by atoms with Gasteiger partial charge in [0, 0.05) is 17.3 Å². The van der Waals surface area contributed by atoms with E-state index in [1.165, 1.54) is 18.2 Å². The van der Waals surface area contributed by atoms with Crippen LogP contribution in [0.5, 0.6) is 5.75 Å². The summed E-state index contributed by atoms with van der Waals surface area (Å²) in [6.45, 7) is -2.56. The summed E-state index contributed by atoms with van der Waals surface area (Å²) in [5, 5.41) is 6.25. The number of hydrogen-bond donors (Lipinski definition) is 2. The lowest BCUT2D eigenvalue weighted by molar-refractivity contribution is -0.119. The molecule has 2 aromatic rings. The fourth-order valence-corrected chi connectivity index (χ4v) is 2.20. The first-order valence-corrected chi connectivity index (χ1v) is 7.69. The van der Waals surface area contributed by atoms with Crippen molar-refractivity contribution in [3.8, 4) is 5.75 Å². The Morgan fingerprint density at radius 3 is 2.46 bits per heavy atom. The van der Waals surface area contributed by atoms with Crippen LogP contribution in [0.1, 0.15) is 5.56 Å². The van der Waals surface area contributed by atoms with Gasteiger partial charge in [0.05, 0.1) is 11.6 Å². The molecule has 0 atom stereocenters. The number of hydrogen-bond acceptors (Lipinski definition) is 3. The zero-order valence-electron chi connectivity index (χ0n) is 12.4. The molecular formula is C16H14Cl2F2N2O2. The average Bonchev–Trinajstić information content (AvgIpc) is 2.54. The van der Waals surface area contributed by atoms with Gasteiger partial charge in [0.1, 0.15) is 5.75 Å². The van der Waals surface area contributed by atoms with Crippen molar-refractivity contribution in [3.63, 3.8) is 0 Å². The molecule has 2 aromatic carbocycles. The van der Waals surface area contributed by atoms with E-state index >= 15 is 0 Å². The van der Waals surface area contributed by atoms with E-state index < -0.39 is 6.61 Å². The maximum absolute atomic E-state index is 12.1. The Labute approximate surface area is 147 Å². The summed E-state index contributed by atoms with van der Waals surface area (Å²) >= 11 is 11.6. The molecule has 0 saturated heterocycles. The quantitative estimate of drug-likeness (QED) is 0.758. The molecule has 4 nitrogen and oxygen atoms in total. The topological polar surface area (TPSA) is 50.4 Å². The molecule has 2 N–H and O–H groups in total. The highest BCUT2D eigenvalue weighted by molar-refractivity contribution is 6.32. The second-order valence-corrected chi connectivity index (χ2v) is 5.62. The summed E-state index contributed by atoms with van der Waals surface area (Å²) in [5.74, 6) is -0.349. The maximum Gasteiger partial charge on any atom is 0.387 e. The van der Waals surface area contributed by atoms with Gasteiger partial charge in [-0.15, -0.1) is 0 Å². The minimum atomic E-state index is -2.94. The molecular weight excluding hydrogens is 361 g/mol. The molecule has 0 aromatic heterocycles. The van der Waals surface area contributed by atoms with E-state index in [1.807, 2.05) is 12.1 Å². The van der Waals surface area contributed by atoms with Gasteiger partial charge in [-0.2, -0.15) is 8.78 Å². The van der Waals surface area contributed by atoms with E-state index in [4.69, 9.17) is 23.2 Å². The van der Waals surface area contributed by atoms with Crippen LogP contribution in [0.3, 0.4) is 0 Å². The third kappa shape index (κ3) is 5.86. The zero-order chi connectivity index (χ0) is 17.5. The number of anilines is 1. The molecule has 0 aliphatic carbocycles. The Morgan fingerprint density at radius 2 is 1.83 bits per heavy atom. The van der Waals surface area contributed by atoms with Crippen LogP contribution in [0.25, 0.3) is 0 Å². The molecule has 0 bridgehead atoms. The monoisotopic (exact) mass is 374 g/mol. The minimum absolute atomic E-state index is 0.0129. The second-order valence-electron chi connectivity index (χ2n) is 4.78. The normalized spacial score (nSPS) is 10.5. The van der Waals surface area contributed by atoms with Gasteiger partial charge in [0.25, 0.3) is 0 Å². The highest BCUT2D eigenvalue weighted by Crippen LogP contribution is 2.28. The average molecular weight is 375 g/mol. The van der Waals surface area contributed by atoms with Crippen LogP contribution in [-0.2, 0) is 11.3 Å². The summed E-state index contributed by atoms with van der Waals surface area (Å²) in [5.41, 5.74) is 1.44. The first kappa shape index (κ1) is 18.3. The van der Waals surface area contributed by atoms with Crippen LogP contribution in [0, 0.1) is 0 Å². The van der Waals surface area contributed by atoms with Gasteiger partial charge in [-0.3, -0.25) is 4.79 Å². The molecule has 0 radical (unpaired) electrons. The lowest BCUT2D eigenvalue weighted by Crippen LogP contribution is -2.29. The van der Waals surface area contributed by atoms with Gasteiger partial charge in [-0.05, 0) is 35.9 Å². The van der Waals surface area contributed by atoms with Crippen molar-refractivity contribution < 1.29 is 18.3 Å². The summed E-state index contributed by atoms with van der Waals surface area (Å²) in [4.78, 5) is 11.8. The van der Waals surface area contributed by atoms with E-state index in [0.717, 1.165) is 5.56 Å². The predicted molar refractivity (Wildman–Crippen MR) is 89.9 cm³/mol.